The van der Waals surface area contributed by atoms with Gasteiger partial charge in [0, 0.05) is 12.1 Å². The van der Waals surface area contributed by atoms with E-state index in [9.17, 15) is 20.2 Å². The van der Waals surface area contributed by atoms with E-state index in [0.29, 0.717) is 23.7 Å². The number of hydrogen-bond donors (Lipinski definition) is 1. The van der Waals surface area contributed by atoms with Crippen molar-refractivity contribution >= 4 is 68.9 Å². The molecule has 0 aliphatic rings. The Morgan fingerprint density at radius 2 is 1.73 bits per heavy atom. The number of benzene rings is 4. The molecule has 0 atom stereocenters. The number of fused-ring (bicyclic) bond motifs is 1. The van der Waals surface area contributed by atoms with Crippen LogP contribution >= 0.6 is 34.8 Å². The summed E-state index contributed by atoms with van der Waals surface area (Å²) >= 11 is 18.7. The van der Waals surface area contributed by atoms with Crippen molar-refractivity contribution in [2.45, 2.75) is 13.5 Å². The third-order valence-corrected chi connectivity index (χ3v) is 6.61. The monoisotopic (exact) mass is 595 g/mol. The van der Waals surface area contributed by atoms with Gasteiger partial charge < -0.3 is 14.8 Å². The number of non-ortho nitro benzene ring substituents is 1. The Labute approximate surface area is 244 Å². The minimum Gasteiger partial charge on any atom is -0.490 e. The standard InChI is InChI=1S/C29H20Cl3N3O5/c1-2-39-26-12-17(10-20(15-33)29(36)34-27-23(30)13-21(35(37)38)14-24(27)31)11-25(32)28(26)40-16-19-8-5-7-18-6-3-4-9-22(18)19/h3-14H,2,16H2,1H3,(H,34,36)/b20-10+. The van der Waals surface area contributed by atoms with Crippen molar-refractivity contribution in [3.05, 3.63) is 109 Å². The number of hydrogen-bond acceptors (Lipinski definition) is 6. The zero-order chi connectivity index (χ0) is 28.8. The summed E-state index contributed by atoms with van der Waals surface area (Å²) in [5, 5.41) is 25.1. The maximum absolute atomic E-state index is 12.9. The molecule has 4 aromatic rings. The first-order valence-electron chi connectivity index (χ1n) is 11.8. The SMILES string of the molecule is CCOc1cc(/C=C(\C#N)C(=O)Nc2c(Cl)cc([N+](=O)[O-])cc2Cl)cc(Cl)c1OCc1cccc2ccccc12. The summed E-state index contributed by atoms with van der Waals surface area (Å²) in [4.78, 5) is 23.2. The average Bonchev–Trinajstić information content (AvgIpc) is 2.93. The highest BCUT2D eigenvalue weighted by Crippen LogP contribution is 2.39. The molecule has 0 saturated heterocycles. The highest BCUT2D eigenvalue weighted by Gasteiger charge is 2.19. The molecule has 0 fully saturated rings. The molecular weight excluding hydrogens is 577 g/mol. The Bertz CT molecular complexity index is 1670. The van der Waals surface area contributed by atoms with Gasteiger partial charge in [-0.15, -0.1) is 0 Å². The zero-order valence-corrected chi connectivity index (χ0v) is 23.2. The van der Waals surface area contributed by atoms with Crippen LogP contribution in [0.5, 0.6) is 11.5 Å². The third kappa shape index (κ3) is 6.46. The van der Waals surface area contributed by atoms with Gasteiger partial charge in [-0.3, -0.25) is 14.9 Å². The van der Waals surface area contributed by atoms with E-state index in [1.807, 2.05) is 48.5 Å². The summed E-state index contributed by atoms with van der Waals surface area (Å²) in [6.45, 7) is 2.35. The minimum absolute atomic E-state index is 0.0645. The first kappa shape index (κ1) is 28.7. The quantitative estimate of drug-likeness (QED) is 0.0901. The molecule has 0 radical (unpaired) electrons. The van der Waals surface area contributed by atoms with E-state index in [2.05, 4.69) is 5.32 Å². The lowest BCUT2D eigenvalue weighted by atomic mass is 10.1. The van der Waals surface area contributed by atoms with Gasteiger partial charge in [-0.2, -0.15) is 5.26 Å². The number of nitro groups is 1. The second kappa shape index (κ2) is 12.7. The number of halogens is 3. The van der Waals surface area contributed by atoms with Crippen LogP contribution < -0.4 is 14.8 Å². The number of carbonyl (C=O) groups excluding carboxylic acids is 1. The fourth-order valence-electron chi connectivity index (χ4n) is 3.92. The molecule has 0 bridgehead atoms. The summed E-state index contributed by atoms with van der Waals surface area (Å²) in [6, 6.07) is 21.0. The predicted octanol–water partition coefficient (Wildman–Crippen LogP) is 8.23. The molecular formula is C29H20Cl3N3O5. The van der Waals surface area contributed by atoms with Crippen molar-refractivity contribution in [2.24, 2.45) is 0 Å². The molecule has 0 spiro atoms. The molecule has 4 aromatic carbocycles. The highest BCUT2D eigenvalue weighted by atomic mass is 35.5. The number of anilines is 1. The van der Waals surface area contributed by atoms with Crippen molar-refractivity contribution < 1.29 is 19.2 Å². The number of nitriles is 1. The summed E-state index contributed by atoms with van der Waals surface area (Å²) < 4.78 is 11.8. The Kier molecular flexibility index (Phi) is 9.12. The molecule has 0 aromatic heterocycles. The van der Waals surface area contributed by atoms with E-state index < -0.39 is 10.8 Å². The molecule has 11 heteroatoms. The molecule has 1 amide bonds. The number of nitrogens with one attached hydrogen (secondary N) is 1. The van der Waals surface area contributed by atoms with Crippen LogP contribution in [0, 0.1) is 21.4 Å². The molecule has 0 heterocycles. The van der Waals surface area contributed by atoms with Gasteiger partial charge in [-0.05, 0) is 47.0 Å². The lowest BCUT2D eigenvalue weighted by Crippen LogP contribution is -2.14. The van der Waals surface area contributed by atoms with Crippen LogP contribution in [0.3, 0.4) is 0 Å². The van der Waals surface area contributed by atoms with E-state index in [0.717, 1.165) is 28.5 Å². The molecule has 1 N–H and O–H groups in total. The smallest absolute Gasteiger partial charge is 0.272 e. The van der Waals surface area contributed by atoms with Crippen molar-refractivity contribution in [3.8, 4) is 17.6 Å². The van der Waals surface area contributed by atoms with Gasteiger partial charge in [0.15, 0.2) is 11.5 Å². The van der Waals surface area contributed by atoms with Gasteiger partial charge in [0.25, 0.3) is 11.6 Å². The highest BCUT2D eigenvalue weighted by molar-refractivity contribution is 6.40. The van der Waals surface area contributed by atoms with Gasteiger partial charge >= 0.3 is 0 Å². The number of nitrogens with zero attached hydrogens (tertiary/aromatic N) is 2. The Morgan fingerprint density at radius 3 is 2.40 bits per heavy atom. The largest absolute Gasteiger partial charge is 0.490 e. The van der Waals surface area contributed by atoms with Crippen LogP contribution in [0.4, 0.5) is 11.4 Å². The van der Waals surface area contributed by atoms with Crippen molar-refractivity contribution in [2.75, 3.05) is 11.9 Å². The zero-order valence-electron chi connectivity index (χ0n) is 20.9. The second-order valence-corrected chi connectivity index (χ2v) is 9.58. The molecule has 40 heavy (non-hydrogen) atoms. The summed E-state index contributed by atoms with van der Waals surface area (Å²) in [7, 11) is 0. The van der Waals surface area contributed by atoms with Crippen molar-refractivity contribution in [3.63, 3.8) is 0 Å². The van der Waals surface area contributed by atoms with Gasteiger partial charge in [-0.25, -0.2) is 0 Å². The van der Waals surface area contributed by atoms with Gasteiger partial charge in [-0.1, -0.05) is 77.3 Å². The number of ether oxygens (including phenoxy) is 2. The molecule has 8 nitrogen and oxygen atoms in total. The number of amides is 1. The molecule has 202 valence electrons. The van der Waals surface area contributed by atoms with E-state index in [1.165, 1.54) is 6.08 Å². The van der Waals surface area contributed by atoms with Crippen LogP contribution in [-0.4, -0.2) is 17.4 Å². The fourth-order valence-corrected chi connectivity index (χ4v) is 4.77. The fraction of sp³-hybridized carbons (Fsp3) is 0.103. The summed E-state index contributed by atoms with van der Waals surface area (Å²) in [5.41, 5.74) is 0.662. The lowest BCUT2D eigenvalue weighted by Gasteiger charge is -2.15. The van der Waals surface area contributed by atoms with Crippen LogP contribution in [0.2, 0.25) is 15.1 Å². The second-order valence-electron chi connectivity index (χ2n) is 8.36. The number of carbonyl (C=O) groups is 1. The first-order chi connectivity index (χ1) is 19.2. The van der Waals surface area contributed by atoms with Crippen LogP contribution in [0.1, 0.15) is 18.1 Å². The molecule has 0 saturated carbocycles. The van der Waals surface area contributed by atoms with E-state index >= 15 is 0 Å². The lowest BCUT2D eigenvalue weighted by molar-refractivity contribution is -0.384. The van der Waals surface area contributed by atoms with Crippen LogP contribution in [-0.2, 0) is 11.4 Å². The normalized spacial score (nSPS) is 11.1. The number of nitro benzene ring substituents is 1. The Morgan fingerprint density at radius 1 is 1.02 bits per heavy atom. The number of rotatable bonds is 9. The molecule has 0 unspecified atom stereocenters. The average molecular weight is 597 g/mol. The van der Waals surface area contributed by atoms with E-state index in [4.69, 9.17) is 44.3 Å². The van der Waals surface area contributed by atoms with Crippen LogP contribution in [0.15, 0.2) is 72.3 Å². The maximum Gasteiger partial charge on any atom is 0.272 e. The molecule has 0 aliphatic carbocycles. The topological polar surface area (TPSA) is 114 Å². The summed E-state index contributed by atoms with van der Waals surface area (Å²) in [6.07, 6.45) is 1.31. The van der Waals surface area contributed by atoms with Gasteiger partial charge in [0.2, 0.25) is 0 Å². The maximum atomic E-state index is 12.9. The summed E-state index contributed by atoms with van der Waals surface area (Å²) in [5.74, 6) is -0.174. The van der Waals surface area contributed by atoms with E-state index in [1.54, 1.807) is 19.1 Å². The van der Waals surface area contributed by atoms with Crippen molar-refractivity contribution in [1.29, 1.82) is 5.26 Å². The molecule has 0 aliphatic heterocycles. The van der Waals surface area contributed by atoms with Gasteiger partial charge in [0.1, 0.15) is 18.2 Å². The minimum atomic E-state index is -0.828. The first-order valence-corrected chi connectivity index (χ1v) is 13.0. The third-order valence-electron chi connectivity index (χ3n) is 5.74. The molecule has 4 rings (SSSR count). The Balaban J connectivity index is 1.60. The van der Waals surface area contributed by atoms with Crippen molar-refractivity contribution in [1.82, 2.24) is 0 Å². The Hall–Kier alpha value is -4.29. The van der Waals surface area contributed by atoms with Gasteiger partial charge in [0.05, 0.1) is 32.3 Å². The predicted molar refractivity (Wildman–Crippen MR) is 156 cm³/mol. The van der Waals surface area contributed by atoms with Crippen LogP contribution in [0.25, 0.3) is 16.8 Å². The van der Waals surface area contributed by atoms with E-state index in [-0.39, 0.29) is 38.6 Å².